The van der Waals surface area contributed by atoms with Crippen LogP contribution in [0.5, 0.6) is 0 Å². The molecule has 3 nitrogen and oxygen atoms in total. The smallest absolute Gasteiger partial charge is 0.253 e. The van der Waals surface area contributed by atoms with Gasteiger partial charge in [-0.1, -0.05) is 42.0 Å². The van der Waals surface area contributed by atoms with Gasteiger partial charge >= 0.3 is 0 Å². The van der Waals surface area contributed by atoms with Gasteiger partial charge in [-0.3, -0.25) is 9.69 Å². The summed E-state index contributed by atoms with van der Waals surface area (Å²) in [6, 6.07) is 17.4. The summed E-state index contributed by atoms with van der Waals surface area (Å²) < 4.78 is 0. The van der Waals surface area contributed by atoms with Crippen LogP contribution in [-0.4, -0.2) is 41.4 Å². The molecule has 0 saturated carbocycles. The molecule has 130 valence electrons. The maximum atomic E-state index is 12.7. The second kappa shape index (κ2) is 7.01. The van der Waals surface area contributed by atoms with Crippen molar-refractivity contribution in [1.82, 2.24) is 9.80 Å². The van der Waals surface area contributed by atoms with Crippen LogP contribution in [0.15, 0.2) is 48.5 Å². The van der Waals surface area contributed by atoms with Gasteiger partial charge in [-0.25, -0.2) is 0 Å². The van der Waals surface area contributed by atoms with Crippen molar-refractivity contribution in [3.8, 4) is 0 Å². The molecule has 0 bridgehead atoms. The lowest BCUT2D eigenvalue weighted by molar-refractivity contribution is 0.0599. The Morgan fingerprint density at radius 2 is 1.72 bits per heavy atom. The molecular weight excluding hydrogens is 308 g/mol. The summed E-state index contributed by atoms with van der Waals surface area (Å²) in [7, 11) is 0. The van der Waals surface area contributed by atoms with E-state index in [1.54, 1.807) is 0 Å². The van der Waals surface area contributed by atoms with Gasteiger partial charge in [-0.05, 0) is 49.4 Å². The van der Waals surface area contributed by atoms with E-state index in [-0.39, 0.29) is 5.91 Å². The largest absolute Gasteiger partial charge is 0.339 e. The van der Waals surface area contributed by atoms with E-state index in [1.165, 1.54) is 11.1 Å². The third-order valence-corrected chi connectivity index (χ3v) is 5.69. The van der Waals surface area contributed by atoms with Gasteiger partial charge in [0.05, 0.1) is 0 Å². The lowest BCUT2D eigenvalue weighted by Crippen LogP contribution is -2.48. The highest BCUT2D eigenvalue weighted by atomic mass is 16.2. The summed E-state index contributed by atoms with van der Waals surface area (Å²) >= 11 is 0. The maximum Gasteiger partial charge on any atom is 0.253 e. The lowest BCUT2D eigenvalue weighted by Gasteiger charge is -2.40. The van der Waals surface area contributed by atoms with Gasteiger partial charge in [0.25, 0.3) is 5.91 Å². The molecule has 2 aliphatic heterocycles. The molecule has 1 saturated heterocycles. The molecule has 2 aromatic carbocycles. The second-order valence-electron chi connectivity index (χ2n) is 7.38. The number of carbonyl (C=O) groups excluding carboxylic acids is 1. The van der Waals surface area contributed by atoms with Crippen LogP contribution in [0.1, 0.15) is 39.9 Å². The van der Waals surface area contributed by atoms with E-state index in [4.69, 9.17) is 0 Å². The first-order valence-corrected chi connectivity index (χ1v) is 9.37. The molecular formula is C22H26N2O. The molecule has 0 N–H and O–H groups in total. The van der Waals surface area contributed by atoms with Gasteiger partial charge in [0.2, 0.25) is 0 Å². The predicted molar refractivity (Wildman–Crippen MR) is 101 cm³/mol. The van der Waals surface area contributed by atoms with Crippen molar-refractivity contribution in [3.63, 3.8) is 0 Å². The third kappa shape index (κ3) is 3.47. The van der Waals surface area contributed by atoms with Crippen molar-refractivity contribution in [1.29, 1.82) is 0 Å². The van der Waals surface area contributed by atoms with Crippen molar-refractivity contribution in [2.24, 2.45) is 0 Å². The Kier molecular flexibility index (Phi) is 4.58. The minimum atomic E-state index is 0.186. The average molecular weight is 334 g/mol. The van der Waals surface area contributed by atoms with Crippen molar-refractivity contribution < 1.29 is 4.79 Å². The predicted octanol–water partition coefficient (Wildman–Crippen LogP) is 3.66. The Balaban J connectivity index is 1.37. The van der Waals surface area contributed by atoms with Gasteiger partial charge in [0, 0.05) is 37.8 Å². The standard InChI is InChI=1S/C22H26N2O/c1-17-5-4-8-19(15-17)22(25)23-13-10-21(11-14-23)24-12-9-18-6-2-3-7-20(18)16-24/h2-8,15,21H,9-14,16H2,1H3. The highest BCUT2D eigenvalue weighted by Crippen LogP contribution is 2.25. The fourth-order valence-electron chi connectivity index (χ4n) is 4.22. The number of nitrogens with zero attached hydrogens (tertiary/aromatic N) is 2. The van der Waals surface area contributed by atoms with E-state index in [1.807, 2.05) is 36.1 Å². The van der Waals surface area contributed by atoms with E-state index >= 15 is 0 Å². The SMILES string of the molecule is Cc1cccc(C(=O)N2CCC(N3CCc4ccccc4C3)CC2)c1. The number of benzene rings is 2. The molecule has 0 radical (unpaired) electrons. The van der Waals surface area contributed by atoms with Crippen LogP contribution < -0.4 is 0 Å². The van der Waals surface area contributed by atoms with Crippen LogP contribution in [0.2, 0.25) is 0 Å². The first-order chi connectivity index (χ1) is 12.2. The van der Waals surface area contributed by atoms with Gasteiger partial charge < -0.3 is 4.90 Å². The van der Waals surface area contributed by atoms with Crippen molar-refractivity contribution in [3.05, 3.63) is 70.8 Å². The second-order valence-corrected chi connectivity index (χ2v) is 7.38. The quantitative estimate of drug-likeness (QED) is 0.837. The number of fused-ring (bicyclic) bond motifs is 1. The molecule has 0 spiro atoms. The highest BCUT2D eigenvalue weighted by molar-refractivity contribution is 5.94. The van der Waals surface area contributed by atoms with E-state index in [9.17, 15) is 4.79 Å². The molecule has 2 aromatic rings. The summed E-state index contributed by atoms with van der Waals surface area (Å²) in [5, 5.41) is 0. The zero-order chi connectivity index (χ0) is 17.2. The van der Waals surface area contributed by atoms with Crippen LogP contribution in [0.4, 0.5) is 0 Å². The monoisotopic (exact) mass is 334 g/mol. The maximum absolute atomic E-state index is 12.7. The fraction of sp³-hybridized carbons (Fsp3) is 0.409. The first-order valence-electron chi connectivity index (χ1n) is 9.37. The van der Waals surface area contributed by atoms with E-state index in [2.05, 4.69) is 29.2 Å². The minimum Gasteiger partial charge on any atom is -0.339 e. The van der Waals surface area contributed by atoms with E-state index < -0.39 is 0 Å². The summed E-state index contributed by atoms with van der Waals surface area (Å²) in [6.07, 6.45) is 3.32. The Morgan fingerprint density at radius 1 is 0.960 bits per heavy atom. The van der Waals surface area contributed by atoms with Crippen LogP contribution in [0.25, 0.3) is 0 Å². The first kappa shape index (κ1) is 16.3. The number of amides is 1. The Morgan fingerprint density at radius 3 is 2.48 bits per heavy atom. The number of carbonyl (C=O) groups is 1. The molecule has 1 fully saturated rings. The molecule has 0 atom stereocenters. The molecule has 0 unspecified atom stereocenters. The minimum absolute atomic E-state index is 0.186. The Bertz CT molecular complexity index is 762. The molecule has 0 aromatic heterocycles. The number of hydrogen-bond acceptors (Lipinski definition) is 2. The molecule has 2 aliphatic rings. The van der Waals surface area contributed by atoms with E-state index in [0.29, 0.717) is 6.04 Å². The molecule has 3 heteroatoms. The summed E-state index contributed by atoms with van der Waals surface area (Å²) in [6.45, 7) is 5.99. The third-order valence-electron chi connectivity index (χ3n) is 5.69. The molecule has 4 rings (SSSR count). The van der Waals surface area contributed by atoms with Gasteiger partial charge in [0.15, 0.2) is 0 Å². The Hall–Kier alpha value is -2.13. The van der Waals surface area contributed by atoms with Crippen LogP contribution in [0.3, 0.4) is 0 Å². The lowest BCUT2D eigenvalue weighted by atomic mass is 9.95. The molecule has 2 heterocycles. The van der Waals surface area contributed by atoms with E-state index in [0.717, 1.165) is 56.6 Å². The number of likely N-dealkylation sites (tertiary alicyclic amines) is 1. The topological polar surface area (TPSA) is 23.6 Å². The van der Waals surface area contributed by atoms with Crippen molar-refractivity contribution in [2.75, 3.05) is 19.6 Å². The Labute approximate surface area is 150 Å². The normalized spacial score (nSPS) is 18.8. The summed E-state index contributed by atoms with van der Waals surface area (Å²) in [4.78, 5) is 17.4. The van der Waals surface area contributed by atoms with Crippen LogP contribution >= 0.6 is 0 Å². The molecule has 0 aliphatic carbocycles. The molecule has 1 amide bonds. The fourth-order valence-corrected chi connectivity index (χ4v) is 4.22. The van der Waals surface area contributed by atoms with Gasteiger partial charge in [0.1, 0.15) is 0 Å². The van der Waals surface area contributed by atoms with Crippen molar-refractivity contribution in [2.45, 2.75) is 38.8 Å². The number of aryl methyl sites for hydroxylation is 1. The van der Waals surface area contributed by atoms with Crippen molar-refractivity contribution >= 4 is 5.91 Å². The number of rotatable bonds is 2. The summed E-state index contributed by atoms with van der Waals surface area (Å²) in [5.74, 6) is 0.186. The summed E-state index contributed by atoms with van der Waals surface area (Å²) in [5.41, 5.74) is 4.95. The van der Waals surface area contributed by atoms with Crippen LogP contribution in [0, 0.1) is 6.92 Å². The van der Waals surface area contributed by atoms with Gasteiger partial charge in [-0.15, -0.1) is 0 Å². The highest BCUT2D eigenvalue weighted by Gasteiger charge is 2.29. The van der Waals surface area contributed by atoms with Gasteiger partial charge in [-0.2, -0.15) is 0 Å². The number of hydrogen-bond donors (Lipinski definition) is 0. The van der Waals surface area contributed by atoms with Crippen LogP contribution in [-0.2, 0) is 13.0 Å². The zero-order valence-corrected chi connectivity index (χ0v) is 14.9. The zero-order valence-electron chi connectivity index (χ0n) is 14.9. The molecule has 25 heavy (non-hydrogen) atoms. The average Bonchev–Trinajstić information content (AvgIpc) is 2.67. The number of piperidine rings is 1.